The van der Waals surface area contributed by atoms with E-state index in [0.717, 1.165) is 25.7 Å². The number of carbonyl (C=O) groups excluding carboxylic acids is 1. The van der Waals surface area contributed by atoms with E-state index in [1.807, 2.05) is 0 Å². The van der Waals surface area contributed by atoms with Gasteiger partial charge in [-0.05, 0) is 30.4 Å². The molecule has 1 aromatic carbocycles. The van der Waals surface area contributed by atoms with Crippen molar-refractivity contribution in [2.45, 2.75) is 45.6 Å². The molecule has 0 aromatic heterocycles. The summed E-state index contributed by atoms with van der Waals surface area (Å²) >= 11 is 6.25. The van der Waals surface area contributed by atoms with E-state index >= 15 is 0 Å². The second-order valence-corrected chi connectivity index (χ2v) is 7.15. The van der Waals surface area contributed by atoms with E-state index in [2.05, 4.69) is 19.2 Å². The van der Waals surface area contributed by atoms with Gasteiger partial charge in [0.1, 0.15) is 0 Å². The second kappa shape index (κ2) is 5.99. The van der Waals surface area contributed by atoms with Crippen molar-refractivity contribution in [3.05, 3.63) is 22.7 Å². The first-order chi connectivity index (χ1) is 10.5. The summed E-state index contributed by atoms with van der Waals surface area (Å²) in [7, 11) is 0. The van der Waals surface area contributed by atoms with E-state index in [-0.39, 0.29) is 17.4 Å². The van der Waals surface area contributed by atoms with Gasteiger partial charge >= 0.3 is 0 Å². The predicted molar refractivity (Wildman–Crippen MR) is 85.9 cm³/mol. The van der Waals surface area contributed by atoms with Crippen LogP contribution >= 0.6 is 11.6 Å². The van der Waals surface area contributed by atoms with Gasteiger partial charge in [0.2, 0.25) is 0 Å². The highest BCUT2D eigenvalue weighted by Gasteiger charge is 2.35. The zero-order chi connectivity index (χ0) is 15.7. The molecular weight excluding hydrogens is 302 g/mol. The Bertz CT molecular complexity index is 586. The Labute approximate surface area is 136 Å². The van der Waals surface area contributed by atoms with Crippen LogP contribution in [0.25, 0.3) is 0 Å². The maximum atomic E-state index is 12.5. The van der Waals surface area contributed by atoms with Crippen molar-refractivity contribution in [1.82, 2.24) is 5.32 Å². The lowest BCUT2D eigenvalue weighted by Crippen LogP contribution is -2.41. The van der Waals surface area contributed by atoms with Gasteiger partial charge in [-0.2, -0.15) is 0 Å². The SMILES string of the molecule is CC1(C)CCCC1NC(=O)c1cc(Cl)c2c(c1)OCCCO2. The van der Waals surface area contributed by atoms with Crippen molar-refractivity contribution < 1.29 is 14.3 Å². The maximum Gasteiger partial charge on any atom is 0.251 e. The highest BCUT2D eigenvalue weighted by molar-refractivity contribution is 6.32. The molecule has 1 saturated carbocycles. The molecule has 1 heterocycles. The predicted octanol–water partition coefficient (Wildman–Crippen LogP) is 3.81. The summed E-state index contributed by atoms with van der Waals surface area (Å²) < 4.78 is 11.2. The van der Waals surface area contributed by atoms with Crippen molar-refractivity contribution >= 4 is 17.5 Å². The lowest BCUT2D eigenvalue weighted by Gasteiger charge is -2.28. The number of rotatable bonds is 2. The van der Waals surface area contributed by atoms with E-state index in [4.69, 9.17) is 21.1 Å². The van der Waals surface area contributed by atoms with Crippen molar-refractivity contribution in [2.75, 3.05) is 13.2 Å². The molecule has 2 aliphatic rings. The van der Waals surface area contributed by atoms with Crippen LogP contribution < -0.4 is 14.8 Å². The molecule has 4 nitrogen and oxygen atoms in total. The van der Waals surface area contributed by atoms with Gasteiger partial charge in [0.25, 0.3) is 5.91 Å². The number of carbonyl (C=O) groups is 1. The molecule has 120 valence electrons. The zero-order valence-electron chi connectivity index (χ0n) is 13.1. The first-order valence-corrected chi connectivity index (χ1v) is 8.25. The van der Waals surface area contributed by atoms with Crippen molar-refractivity contribution in [1.29, 1.82) is 0 Å². The van der Waals surface area contributed by atoms with Crippen molar-refractivity contribution in [3.8, 4) is 11.5 Å². The number of fused-ring (bicyclic) bond motifs is 1. The van der Waals surface area contributed by atoms with Crippen LogP contribution in [-0.4, -0.2) is 25.2 Å². The first kappa shape index (κ1) is 15.5. The third-order valence-corrected chi connectivity index (χ3v) is 4.91. The lowest BCUT2D eigenvalue weighted by atomic mass is 9.87. The molecular formula is C17H22ClNO3. The topological polar surface area (TPSA) is 47.6 Å². The van der Waals surface area contributed by atoms with E-state index in [1.54, 1.807) is 12.1 Å². The molecule has 1 aliphatic heterocycles. The minimum Gasteiger partial charge on any atom is -0.489 e. The summed E-state index contributed by atoms with van der Waals surface area (Å²) in [6.07, 6.45) is 4.12. The number of hydrogen-bond donors (Lipinski definition) is 1. The number of nitrogens with one attached hydrogen (secondary N) is 1. The molecule has 1 atom stereocenters. The zero-order valence-corrected chi connectivity index (χ0v) is 13.8. The molecule has 1 N–H and O–H groups in total. The lowest BCUT2D eigenvalue weighted by molar-refractivity contribution is 0.0909. The van der Waals surface area contributed by atoms with Crippen LogP contribution in [0.15, 0.2) is 12.1 Å². The van der Waals surface area contributed by atoms with Crippen LogP contribution in [0.5, 0.6) is 11.5 Å². The van der Waals surface area contributed by atoms with Crippen LogP contribution in [0, 0.1) is 5.41 Å². The molecule has 1 fully saturated rings. The van der Waals surface area contributed by atoms with Crippen LogP contribution in [-0.2, 0) is 0 Å². The molecule has 0 bridgehead atoms. The third kappa shape index (κ3) is 3.02. The quantitative estimate of drug-likeness (QED) is 0.900. The Balaban J connectivity index is 1.81. The highest BCUT2D eigenvalue weighted by atomic mass is 35.5. The molecule has 1 aliphatic carbocycles. The second-order valence-electron chi connectivity index (χ2n) is 6.74. The molecule has 0 spiro atoms. The van der Waals surface area contributed by atoms with E-state index in [1.165, 1.54) is 0 Å². The van der Waals surface area contributed by atoms with E-state index in [9.17, 15) is 4.79 Å². The Kier molecular flexibility index (Phi) is 4.22. The number of halogens is 1. The number of amides is 1. The van der Waals surface area contributed by atoms with Gasteiger partial charge in [0.15, 0.2) is 11.5 Å². The van der Waals surface area contributed by atoms with Crippen molar-refractivity contribution in [3.63, 3.8) is 0 Å². The monoisotopic (exact) mass is 323 g/mol. The fourth-order valence-electron chi connectivity index (χ4n) is 3.20. The summed E-state index contributed by atoms with van der Waals surface area (Å²) in [6, 6.07) is 3.59. The molecule has 5 heteroatoms. The fourth-order valence-corrected chi connectivity index (χ4v) is 3.46. The fraction of sp³-hybridized carbons (Fsp3) is 0.588. The molecule has 1 aromatic rings. The van der Waals surface area contributed by atoms with Gasteiger partial charge in [-0.3, -0.25) is 4.79 Å². The molecule has 0 radical (unpaired) electrons. The summed E-state index contributed by atoms with van der Waals surface area (Å²) in [4.78, 5) is 12.5. The standard InChI is InChI=1S/C17H22ClNO3/c1-17(2)6-3-5-14(17)19-16(20)11-9-12(18)15-13(10-11)21-7-4-8-22-15/h9-10,14H,3-8H2,1-2H3,(H,19,20). The van der Waals surface area contributed by atoms with Crippen LogP contribution in [0.3, 0.4) is 0 Å². The van der Waals surface area contributed by atoms with E-state index in [0.29, 0.717) is 35.3 Å². The Morgan fingerprint density at radius 1 is 1.27 bits per heavy atom. The Morgan fingerprint density at radius 3 is 2.77 bits per heavy atom. The average molecular weight is 324 g/mol. The minimum absolute atomic E-state index is 0.0995. The maximum absolute atomic E-state index is 12.5. The average Bonchev–Trinajstić information content (AvgIpc) is 2.67. The van der Waals surface area contributed by atoms with E-state index < -0.39 is 0 Å². The molecule has 22 heavy (non-hydrogen) atoms. The summed E-state index contributed by atoms with van der Waals surface area (Å²) in [5, 5.41) is 3.57. The normalized spacial score (nSPS) is 23.0. The molecule has 0 saturated heterocycles. The molecule has 1 amide bonds. The van der Waals surface area contributed by atoms with Crippen molar-refractivity contribution in [2.24, 2.45) is 5.41 Å². The Morgan fingerprint density at radius 2 is 2.05 bits per heavy atom. The van der Waals surface area contributed by atoms with Gasteiger partial charge in [-0.1, -0.05) is 31.9 Å². The number of hydrogen-bond acceptors (Lipinski definition) is 3. The van der Waals surface area contributed by atoms with Gasteiger partial charge < -0.3 is 14.8 Å². The summed E-state index contributed by atoms with van der Waals surface area (Å²) in [5.74, 6) is 0.996. The Hall–Kier alpha value is -1.42. The van der Waals surface area contributed by atoms with Crippen LogP contribution in [0.1, 0.15) is 49.9 Å². The first-order valence-electron chi connectivity index (χ1n) is 7.87. The summed E-state index contributed by atoms with van der Waals surface area (Å²) in [6.45, 7) is 5.55. The van der Waals surface area contributed by atoms with Gasteiger partial charge in [-0.25, -0.2) is 0 Å². The molecule has 1 unspecified atom stereocenters. The van der Waals surface area contributed by atoms with Gasteiger partial charge in [-0.15, -0.1) is 0 Å². The molecule has 3 rings (SSSR count). The van der Waals surface area contributed by atoms with Crippen LogP contribution in [0.4, 0.5) is 0 Å². The van der Waals surface area contributed by atoms with Gasteiger partial charge in [0.05, 0.1) is 18.2 Å². The largest absolute Gasteiger partial charge is 0.489 e. The number of benzene rings is 1. The number of ether oxygens (including phenoxy) is 2. The summed E-state index contributed by atoms with van der Waals surface area (Å²) in [5.41, 5.74) is 0.669. The van der Waals surface area contributed by atoms with Crippen LogP contribution in [0.2, 0.25) is 5.02 Å². The van der Waals surface area contributed by atoms with Gasteiger partial charge in [0, 0.05) is 18.0 Å². The smallest absolute Gasteiger partial charge is 0.251 e. The highest BCUT2D eigenvalue weighted by Crippen LogP contribution is 2.39. The minimum atomic E-state index is -0.0995. The third-order valence-electron chi connectivity index (χ3n) is 4.63.